The molecule has 1 N–H and O–H groups in total. The number of rotatable bonds is 3. The molecule has 0 aliphatic heterocycles. The van der Waals surface area contributed by atoms with E-state index in [1.165, 1.54) is 18.3 Å². The summed E-state index contributed by atoms with van der Waals surface area (Å²) in [6, 6.07) is 7.50. The molecule has 0 saturated carbocycles. The third-order valence-electron chi connectivity index (χ3n) is 2.58. The van der Waals surface area contributed by atoms with E-state index in [-0.39, 0.29) is 22.1 Å². The van der Waals surface area contributed by atoms with Crippen molar-refractivity contribution in [3.8, 4) is 0 Å². The van der Waals surface area contributed by atoms with Gasteiger partial charge in [-0.3, -0.25) is 14.9 Å². The summed E-state index contributed by atoms with van der Waals surface area (Å²) in [5, 5.41) is 13.7. The quantitative estimate of drug-likeness (QED) is 0.695. The zero-order valence-corrected chi connectivity index (χ0v) is 11.2. The van der Waals surface area contributed by atoms with Gasteiger partial charge in [0.1, 0.15) is 5.56 Å². The fraction of sp³-hybridized carbons (Fsp3) is 0.0769. The Morgan fingerprint density at radius 2 is 2.15 bits per heavy atom. The van der Waals surface area contributed by atoms with Crippen LogP contribution in [0, 0.1) is 17.0 Å². The second kappa shape index (κ2) is 5.66. The molecule has 0 radical (unpaired) electrons. The Morgan fingerprint density at radius 3 is 2.80 bits per heavy atom. The lowest BCUT2D eigenvalue weighted by Crippen LogP contribution is -2.15. The van der Waals surface area contributed by atoms with Gasteiger partial charge >= 0.3 is 0 Å². The summed E-state index contributed by atoms with van der Waals surface area (Å²) in [7, 11) is 0. The molecule has 0 spiro atoms. The molecule has 2 aromatic rings. The third-order valence-corrected chi connectivity index (χ3v) is 2.89. The summed E-state index contributed by atoms with van der Waals surface area (Å²) in [6.07, 6.45) is 1.46. The molecule has 0 aliphatic rings. The number of nitro groups is 1. The predicted molar refractivity (Wildman–Crippen MR) is 75.0 cm³/mol. The first kappa shape index (κ1) is 14.0. The molecule has 102 valence electrons. The molecular formula is C13H10ClN3O3. The number of pyridine rings is 1. The summed E-state index contributed by atoms with van der Waals surface area (Å²) >= 11 is 5.88. The Labute approximate surface area is 119 Å². The van der Waals surface area contributed by atoms with Gasteiger partial charge in [-0.05, 0) is 30.7 Å². The van der Waals surface area contributed by atoms with Crippen molar-refractivity contribution in [2.75, 3.05) is 5.32 Å². The summed E-state index contributed by atoms with van der Waals surface area (Å²) in [5.41, 5.74) is 0.449. The fourth-order valence-corrected chi connectivity index (χ4v) is 1.81. The molecule has 0 fully saturated rings. The van der Waals surface area contributed by atoms with Gasteiger partial charge in [0.15, 0.2) is 5.82 Å². The Bertz CT molecular complexity index is 688. The van der Waals surface area contributed by atoms with Crippen LogP contribution in [-0.2, 0) is 0 Å². The highest BCUT2D eigenvalue weighted by molar-refractivity contribution is 6.33. The first-order valence-corrected chi connectivity index (χ1v) is 6.04. The molecule has 1 aromatic carbocycles. The van der Waals surface area contributed by atoms with Gasteiger partial charge in [0.25, 0.3) is 11.6 Å². The minimum absolute atomic E-state index is 0.0308. The van der Waals surface area contributed by atoms with Crippen LogP contribution in [0.2, 0.25) is 5.02 Å². The van der Waals surface area contributed by atoms with E-state index < -0.39 is 10.8 Å². The lowest BCUT2D eigenvalue weighted by atomic mass is 10.1. The number of aryl methyl sites for hydroxylation is 1. The molecule has 1 heterocycles. The highest BCUT2D eigenvalue weighted by atomic mass is 35.5. The van der Waals surface area contributed by atoms with Gasteiger partial charge in [0.2, 0.25) is 0 Å². The van der Waals surface area contributed by atoms with Gasteiger partial charge in [-0.15, -0.1) is 0 Å². The van der Waals surface area contributed by atoms with E-state index >= 15 is 0 Å². The first-order valence-electron chi connectivity index (χ1n) is 5.66. The van der Waals surface area contributed by atoms with Crippen molar-refractivity contribution in [3.63, 3.8) is 0 Å². The number of halogens is 1. The summed E-state index contributed by atoms with van der Waals surface area (Å²) in [4.78, 5) is 26.4. The summed E-state index contributed by atoms with van der Waals surface area (Å²) in [6.45, 7) is 1.74. The van der Waals surface area contributed by atoms with Gasteiger partial charge in [0.05, 0.1) is 9.95 Å². The van der Waals surface area contributed by atoms with Gasteiger partial charge in [-0.2, -0.15) is 0 Å². The van der Waals surface area contributed by atoms with Crippen LogP contribution < -0.4 is 5.32 Å². The van der Waals surface area contributed by atoms with Crippen molar-refractivity contribution >= 4 is 29.0 Å². The average molecular weight is 292 g/mol. The number of nitro benzene ring substituents is 1. The smallest absolute Gasteiger partial charge is 0.282 e. The number of carbonyl (C=O) groups is 1. The Hall–Kier alpha value is -2.47. The normalized spacial score (nSPS) is 10.1. The predicted octanol–water partition coefficient (Wildman–Crippen LogP) is 3.20. The van der Waals surface area contributed by atoms with Crippen molar-refractivity contribution in [1.29, 1.82) is 0 Å². The largest absolute Gasteiger partial charge is 0.305 e. The molecule has 1 amide bonds. The minimum Gasteiger partial charge on any atom is -0.305 e. The molecule has 0 atom stereocenters. The maximum atomic E-state index is 12.1. The van der Waals surface area contributed by atoms with E-state index in [0.717, 1.165) is 5.56 Å². The van der Waals surface area contributed by atoms with Crippen molar-refractivity contribution in [3.05, 3.63) is 62.8 Å². The average Bonchev–Trinajstić information content (AvgIpc) is 2.40. The second-order valence-electron chi connectivity index (χ2n) is 4.07. The van der Waals surface area contributed by atoms with E-state index in [0.29, 0.717) is 0 Å². The standard InChI is InChI=1S/C13H10ClN3O3/c1-8-4-5-11(17(19)20)9(7-8)13(18)16-12-10(14)3-2-6-15-12/h2-7H,1H3,(H,15,16,18). The molecular weight excluding hydrogens is 282 g/mol. The van der Waals surface area contributed by atoms with Crippen LogP contribution >= 0.6 is 11.6 Å². The Morgan fingerprint density at radius 1 is 1.40 bits per heavy atom. The fourth-order valence-electron chi connectivity index (χ4n) is 1.64. The van der Waals surface area contributed by atoms with Crippen molar-refractivity contribution < 1.29 is 9.72 Å². The lowest BCUT2D eigenvalue weighted by molar-refractivity contribution is -0.385. The van der Waals surface area contributed by atoms with Crippen LogP contribution in [0.3, 0.4) is 0 Å². The monoisotopic (exact) mass is 291 g/mol. The topological polar surface area (TPSA) is 85.1 Å². The first-order chi connectivity index (χ1) is 9.49. The number of aromatic nitrogens is 1. The maximum absolute atomic E-state index is 12.1. The zero-order valence-electron chi connectivity index (χ0n) is 10.5. The molecule has 20 heavy (non-hydrogen) atoms. The number of nitrogens with one attached hydrogen (secondary N) is 1. The number of carbonyl (C=O) groups excluding carboxylic acids is 1. The molecule has 0 saturated heterocycles. The highest BCUT2D eigenvalue weighted by Gasteiger charge is 2.21. The second-order valence-corrected chi connectivity index (χ2v) is 4.47. The summed E-state index contributed by atoms with van der Waals surface area (Å²) in [5.74, 6) is -0.462. The van der Waals surface area contributed by atoms with Gasteiger partial charge in [-0.25, -0.2) is 4.98 Å². The maximum Gasteiger partial charge on any atom is 0.282 e. The molecule has 0 aliphatic carbocycles. The van der Waals surface area contributed by atoms with Crippen molar-refractivity contribution in [2.45, 2.75) is 6.92 Å². The highest BCUT2D eigenvalue weighted by Crippen LogP contribution is 2.23. The van der Waals surface area contributed by atoms with Crippen LogP contribution in [-0.4, -0.2) is 15.8 Å². The number of nitrogens with zero attached hydrogens (tertiary/aromatic N) is 2. The van der Waals surface area contributed by atoms with Gasteiger partial charge in [0, 0.05) is 12.3 Å². The summed E-state index contributed by atoms with van der Waals surface area (Å²) < 4.78 is 0. The Kier molecular flexibility index (Phi) is 3.95. The van der Waals surface area contributed by atoms with E-state index in [1.807, 2.05) is 0 Å². The number of benzene rings is 1. The number of anilines is 1. The molecule has 1 aromatic heterocycles. The van der Waals surface area contributed by atoms with Crippen LogP contribution in [0.4, 0.5) is 11.5 Å². The van der Waals surface area contributed by atoms with Gasteiger partial charge in [-0.1, -0.05) is 17.7 Å². The molecule has 0 unspecified atom stereocenters. The van der Waals surface area contributed by atoms with E-state index in [1.54, 1.807) is 25.1 Å². The minimum atomic E-state index is -0.624. The lowest BCUT2D eigenvalue weighted by Gasteiger charge is -2.07. The molecule has 0 bridgehead atoms. The van der Waals surface area contributed by atoms with Crippen LogP contribution in [0.1, 0.15) is 15.9 Å². The van der Waals surface area contributed by atoms with Gasteiger partial charge < -0.3 is 5.32 Å². The van der Waals surface area contributed by atoms with Crippen molar-refractivity contribution in [2.24, 2.45) is 0 Å². The third kappa shape index (κ3) is 2.92. The van der Waals surface area contributed by atoms with E-state index in [9.17, 15) is 14.9 Å². The number of hydrogen-bond donors (Lipinski definition) is 1. The number of hydrogen-bond acceptors (Lipinski definition) is 4. The molecule has 7 heteroatoms. The van der Waals surface area contributed by atoms with E-state index in [4.69, 9.17) is 11.6 Å². The van der Waals surface area contributed by atoms with Crippen molar-refractivity contribution in [1.82, 2.24) is 4.98 Å². The van der Waals surface area contributed by atoms with E-state index in [2.05, 4.69) is 10.3 Å². The Balaban J connectivity index is 2.37. The zero-order chi connectivity index (χ0) is 14.7. The molecule has 6 nitrogen and oxygen atoms in total. The van der Waals surface area contributed by atoms with Crippen LogP contribution in [0.15, 0.2) is 36.5 Å². The van der Waals surface area contributed by atoms with Crippen LogP contribution in [0.25, 0.3) is 0 Å². The SMILES string of the molecule is Cc1ccc([N+](=O)[O-])c(C(=O)Nc2ncccc2Cl)c1. The molecule has 2 rings (SSSR count). The van der Waals surface area contributed by atoms with Crippen LogP contribution in [0.5, 0.6) is 0 Å². The number of amides is 1.